The lowest BCUT2D eigenvalue weighted by molar-refractivity contribution is -0.134. The van der Waals surface area contributed by atoms with Gasteiger partial charge in [-0.1, -0.05) is 12.1 Å². The third-order valence-corrected chi connectivity index (χ3v) is 7.94. The summed E-state index contributed by atoms with van der Waals surface area (Å²) in [5.74, 6) is 0.0909. The first-order chi connectivity index (χ1) is 15.3. The lowest BCUT2D eigenvalue weighted by Gasteiger charge is -2.34. The summed E-state index contributed by atoms with van der Waals surface area (Å²) < 4.78 is 41.1. The normalized spacial score (nSPS) is 16.7. The number of rotatable bonds is 9. The average molecular weight is 466 g/mol. The highest BCUT2D eigenvalue weighted by Crippen LogP contribution is 2.35. The van der Waals surface area contributed by atoms with Crippen molar-refractivity contribution in [1.29, 1.82) is 0 Å². The van der Waals surface area contributed by atoms with E-state index in [0.717, 1.165) is 5.56 Å². The molecular weight excluding hydrogens is 438 g/mol. The Morgan fingerprint density at radius 2 is 1.72 bits per heavy atom. The van der Waals surface area contributed by atoms with Gasteiger partial charge in [-0.15, -0.1) is 0 Å². The highest BCUT2D eigenvalue weighted by atomic mass is 32.2. The monoisotopic (exact) mass is 465 g/mol. The molecule has 1 saturated heterocycles. The first-order valence-electron chi connectivity index (χ1n) is 10.2. The molecule has 0 aromatic heterocycles. The summed E-state index contributed by atoms with van der Waals surface area (Å²) in [6, 6.07) is 12.9. The van der Waals surface area contributed by atoms with Gasteiger partial charge < -0.3 is 19.3 Å². The van der Waals surface area contributed by atoms with Gasteiger partial charge in [0, 0.05) is 13.2 Å². The minimum atomic E-state index is -4.08. The van der Waals surface area contributed by atoms with Crippen LogP contribution < -0.4 is 15.0 Å². The number of hydrogen-bond acceptors (Lipinski definition) is 8. The Bertz CT molecular complexity index is 1010. The van der Waals surface area contributed by atoms with Gasteiger partial charge in [0.15, 0.2) is 14.6 Å². The van der Waals surface area contributed by atoms with E-state index in [1.165, 1.54) is 29.7 Å². The van der Waals surface area contributed by atoms with Crippen molar-refractivity contribution in [3.63, 3.8) is 0 Å². The third-order valence-electron chi connectivity index (χ3n) is 5.43. The Morgan fingerprint density at radius 1 is 1.09 bits per heavy atom. The van der Waals surface area contributed by atoms with E-state index < -0.39 is 26.6 Å². The third kappa shape index (κ3) is 5.04. The number of sulfone groups is 1. The summed E-state index contributed by atoms with van der Waals surface area (Å²) in [7, 11) is -4.08. The van der Waals surface area contributed by atoms with Crippen molar-refractivity contribution >= 4 is 15.7 Å². The van der Waals surface area contributed by atoms with Gasteiger partial charge in [0.2, 0.25) is 0 Å². The Labute approximate surface area is 186 Å². The molecule has 1 atom stereocenters. The van der Waals surface area contributed by atoms with Gasteiger partial charge in [-0.05, 0) is 61.7 Å². The molecule has 2 aromatic rings. The zero-order valence-electron chi connectivity index (χ0n) is 17.7. The molecule has 3 rings (SSSR count). The fourth-order valence-electron chi connectivity index (χ4n) is 3.54. The van der Waals surface area contributed by atoms with Crippen LogP contribution in [0.25, 0.3) is 0 Å². The van der Waals surface area contributed by atoms with Crippen molar-refractivity contribution in [3.05, 3.63) is 54.1 Å². The van der Waals surface area contributed by atoms with Crippen molar-refractivity contribution in [2.75, 3.05) is 26.4 Å². The molecule has 1 amide bonds. The zero-order valence-corrected chi connectivity index (χ0v) is 18.5. The van der Waals surface area contributed by atoms with Crippen molar-refractivity contribution in [3.8, 4) is 11.5 Å². The number of benzene rings is 2. The topological polar surface area (TPSA) is 131 Å². The molecule has 1 aliphatic heterocycles. The van der Waals surface area contributed by atoms with Crippen LogP contribution in [0.4, 0.5) is 0 Å². The van der Waals surface area contributed by atoms with Crippen molar-refractivity contribution < 1.29 is 37.7 Å². The Morgan fingerprint density at radius 3 is 2.31 bits per heavy atom. The summed E-state index contributed by atoms with van der Waals surface area (Å²) in [5.41, 5.74) is 2.24. The number of nitrogens with one attached hydrogen (secondary N) is 1. The molecule has 1 aliphatic rings. The summed E-state index contributed by atoms with van der Waals surface area (Å²) in [6.45, 7) is 2.36. The zero-order chi connectivity index (χ0) is 23.2. The molecule has 174 valence electrons. The maximum atomic E-state index is 13.2. The molecule has 0 saturated carbocycles. The average Bonchev–Trinajstić information content (AvgIpc) is 2.82. The second-order valence-electron chi connectivity index (χ2n) is 7.47. The minimum Gasteiger partial charge on any atom is -0.490 e. The second-order valence-corrected chi connectivity index (χ2v) is 9.73. The van der Waals surface area contributed by atoms with E-state index in [2.05, 4.69) is 0 Å². The highest BCUT2D eigenvalue weighted by Gasteiger charge is 2.52. The van der Waals surface area contributed by atoms with E-state index in [0.29, 0.717) is 11.5 Å². The number of aliphatic hydroxyl groups is 1. The van der Waals surface area contributed by atoms with Crippen molar-refractivity contribution in [2.45, 2.75) is 35.5 Å². The van der Waals surface area contributed by atoms with Crippen LogP contribution in [0, 0.1) is 0 Å². The molecule has 0 spiro atoms. The van der Waals surface area contributed by atoms with Gasteiger partial charge in [-0.3, -0.25) is 10.0 Å². The molecule has 0 aliphatic carbocycles. The Balaban J connectivity index is 1.62. The van der Waals surface area contributed by atoms with E-state index in [1.54, 1.807) is 31.2 Å². The standard InChI is InChI=1S/C22H27NO8S/c1-16(24)17-3-2-4-19(15-17)31-14-13-30-18-5-7-20(8-6-18)32(27,28)22(21(25)23-26)9-11-29-12-10-22/h2-8,15-16,24,26H,9-14H2,1H3,(H,23,25). The van der Waals surface area contributed by atoms with Crippen LogP contribution >= 0.6 is 0 Å². The van der Waals surface area contributed by atoms with Crippen LogP contribution in [0.3, 0.4) is 0 Å². The Kier molecular flexibility index (Phi) is 7.73. The smallest absolute Gasteiger partial charge is 0.265 e. The maximum Gasteiger partial charge on any atom is 0.265 e. The van der Waals surface area contributed by atoms with Gasteiger partial charge in [0.1, 0.15) is 24.7 Å². The predicted molar refractivity (Wildman–Crippen MR) is 114 cm³/mol. The highest BCUT2D eigenvalue weighted by molar-refractivity contribution is 7.93. The van der Waals surface area contributed by atoms with Crippen LogP contribution in [-0.2, 0) is 19.4 Å². The van der Waals surface area contributed by atoms with Crippen molar-refractivity contribution in [1.82, 2.24) is 5.48 Å². The second kappa shape index (κ2) is 10.3. The molecule has 10 heteroatoms. The number of ether oxygens (including phenoxy) is 3. The minimum absolute atomic E-state index is 0.0402. The summed E-state index contributed by atoms with van der Waals surface area (Å²) >= 11 is 0. The fourth-order valence-corrected chi connectivity index (χ4v) is 5.48. The molecule has 1 unspecified atom stereocenters. The largest absolute Gasteiger partial charge is 0.490 e. The van der Waals surface area contributed by atoms with Crippen molar-refractivity contribution in [2.24, 2.45) is 0 Å². The first kappa shape index (κ1) is 24.0. The number of hydrogen-bond donors (Lipinski definition) is 3. The maximum absolute atomic E-state index is 13.2. The molecule has 1 heterocycles. The number of carbonyl (C=O) groups excluding carboxylic acids is 1. The van der Waals surface area contributed by atoms with E-state index >= 15 is 0 Å². The summed E-state index contributed by atoms with van der Waals surface area (Å²) in [6.07, 6.45) is -0.686. The van der Waals surface area contributed by atoms with Gasteiger partial charge in [-0.25, -0.2) is 13.9 Å². The van der Waals surface area contributed by atoms with Crippen LogP contribution in [0.15, 0.2) is 53.4 Å². The van der Waals surface area contributed by atoms with Gasteiger partial charge in [0.05, 0.1) is 11.0 Å². The molecule has 2 aromatic carbocycles. The van der Waals surface area contributed by atoms with E-state index in [9.17, 15) is 18.3 Å². The molecule has 0 radical (unpaired) electrons. The van der Waals surface area contributed by atoms with Gasteiger partial charge >= 0.3 is 0 Å². The van der Waals surface area contributed by atoms with E-state index in [-0.39, 0.29) is 44.2 Å². The van der Waals surface area contributed by atoms with Crippen LogP contribution in [-0.4, -0.2) is 55.8 Å². The van der Waals surface area contributed by atoms with Gasteiger partial charge in [-0.2, -0.15) is 0 Å². The first-order valence-corrected chi connectivity index (χ1v) is 11.7. The summed E-state index contributed by atoms with van der Waals surface area (Å²) in [5, 5.41) is 18.7. The quantitative estimate of drug-likeness (QED) is 0.291. The Hall–Kier alpha value is -2.66. The molecule has 0 bridgehead atoms. The lowest BCUT2D eigenvalue weighted by atomic mass is 9.98. The lowest BCUT2D eigenvalue weighted by Crippen LogP contribution is -2.54. The number of hydroxylamine groups is 1. The number of aliphatic hydroxyl groups excluding tert-OH is 1. The summed E-state index contributed by atoms with van der Waals surface area (Å²) in [4.78, 5) is 12.2. The number of carbonyl (C=O) groups is 1. The fraction of sp³-hybridized carbons (Fsp3) is 0.409. The molecular formula is C22H27NO8S. The van der Waals surface area contributed by atoms with Crippen LogP contribution in [0.1, 0.15) is 31.4 Å². The molecule has 1 fully saturated rings. The van der Waals surface area contributed by atoms with Crippen LogP contribution in [0.2, 0.25) is 0 Å². The molecule has 32 heavy (non-hydrogen) atoms. The molecule has 3 N–H and O–H groups in total. The van der Waals surface area contributed by atoms with Crippen LogP contribution in [0.5, 0.6) is 11.5 Å². The van der Waals surface area contributed by atoms with Gasteiger partial charge in [0.25, 0.3) is 5.91 Å². The van der Waals surface area contributed by atoms with E-state index in [4.69, 9.17) is 19.4 Å². The SMILES string of the molecule is CC(O)c1cccc(OCCOc2ccc(S(=O)(=O)C3(C(=O)NO)CCOCC3)cc2)c1. The number of amides is 1. The van der Waals surface area contributed by atoms with E-state index in [1.807, 2.05) is 0 Å². The predicted octanol–water partition coefficient (Wildman–Crippen LogP) is 2.03. The molecule has 9 nitrogen and oxygen atoms in total.